The zero-order valence-electron chi connectivity index (χ0n) is 13.5. The lowest BCUT2D eigenvalue weighted by molar-refractivity contribution is -0.114. The zero-order valence-corrected chi connectivity index (χ0v) is 15.1. The SMILES string of the molecule is CC(=O)Nc1cccc(OCC#CCNC(=O)c2cncc(Br)c2)c1. The molecular weight excluding hydrogens is 386 g/mol. The summed E-state index contributed by atoms with van der Waals surface area (Å²) in [6.07, 6.45) is 3.09. The van der Waals surface area contributed by atoms with Crippen molar-refractivity contribution in [2.24, 2.45) is 0 Å². The molecule has 7 heteroatoms. The van der Waals surface area contributed by atoms with E-state index in [9.17, 15) is 9.59 Å². The first-order chi connectivity index (χ1) is 12.0. The van der Waals surface area contributed by atoms with Gasteiger partial charge in [-0.25, -0.2) is 0 Å². The molecule has 1 aromatic carbocycles. The fourth-order valence-electron chi connectivity index (χ4n) is 1.86. The van der Waals surface area contributed by atoms with Crippen molar-refractivity contribution in [3.63, 3.8) is 0 Å². The van der Waals surface area contributed by atoms with Gasteiger partial charge in [0.15, 0.2) is 0 Å². The van der Waals surface area contributed by atoms with Gasteiger partial charge < -0.3 is 15.4 Å². The molecule has 0 aliphatic heterocycles. The molecule has 6 nitrogen and oxygen atoms in total. The number of rotatable bonds is 5. The smallest absolute Gasteiger partial charge is 0.253 e. The number of ether oxygens (including phenoxy) is 1. The van der Waals surface area contributed by atoms with Crippen LogP contribution >= 0.6 is 15.9 Å². The number of carbonyl (C=O) groups excluding carboxylic acids is 2. The van der Waals surface area contributed by atoms with E-state index in [0.717, 1.165) is 4.47 Å². The maximum atomic E-state index is 11.9. The molecule has 0 unspecified atom stereocenters. The first kappa shape index (κ1) is 18.5. The predicted molar refractivity (Wildman–Crippen MR) is 98.3 cm³/mol. The fourth-order valence-corrected chi connectivity index (χ4v) is 2.23. The molecule has 0 saturated heterocycles. The summed E-state index contributed by atoms with van der Waals surface area (Å²) in [5.74, 6) is 5.84. The second kappa shape index (κ2) is 9.45. The molecular formula is C18H16BrN3O3. The highest BCUT2D eigenvalue weighted by atomic mass is 79.9. The van der Waals surface area contributed by atoms with Gasteiger partial charge in [0, 0.05) is 35.5 Å². The Bertz CT molecular complexity index is 828. The van der Waals surface area contributed by atoms with Crippen molar-refractivity contribution in [2.75, 3.05) is 18.5 Å². The number of pyridine rings is 1. The number of carbonyl (C=O) groups is 2. The van der Waals surface area contributed by atoms with Gasteiger partial charge in [-0.2, -0.15) is 0 Å². The minimum Gasteiger partial charge on any atom is -0.481 e. The van der Waals surface area contributed by atoms with Crippen LogP contribution in [0.3, 0.4) is 0 Å². The van der Waals surface area contributed by atoms with Crippen LogP contribution in [-0.2, 0) is 4.79 Å². The molecule has 0 fully saturated rings. The van der Waals surface area contributed by atoms with E-state index in [4.69, 9.17) is 4.74 Å². The molecule has 0 aliphatic carbocycles. The van der Waals surface area contributed by atoms with E-state index in [2.05, 4.69) is 43.4 Å². The summed E-state index contributed by atoms with van der Waals surface area (Å²) < 4.78 is 6.22. The van der Waals surface area contributed by atoms with Crippen LogP contribution in [0.1, 0.15) is 17.3 Å². The summed E-state index contributed by atoms with van der Waals surface area (Å²) in [4.78, 5) is 26.8. The van der Waals surface area contributed by atoms with Crippen molar-refractivity contribution in [3.05, 3.63) is 52.8 Å². The Morgan fingerprint density at radius 3 is 2.84 bits per heavy atom. The Kier molecular flexibility index (Phi) is 6.99. The first-order valence-electron chi connectivity index (χ1n) is 7.39. The minimum absolute atomic E-state index is 0.145. The number of hydrogen-bond acceptors (Lipinski definition) is 4. The average molecular weight is 402 g/mol. The number of nitrogens with zero attached hydrogens (tertiary/aromatic N) is 1. The molecule has 0 spiro atoms. The second-order valence-corrected chi connectivity index (χ2v) is 5.84. The number of benzene rings is 1. The van der Waals surface area contributed by atoms with E-state index in [1.54, 1.807) is 36.5 Å². The highest BCUT2D eigenvalue weighted by molar-refractivity contribution is 9.10. The van der Waals surface area contributed by atoms with E-state index >= 15 is 0 Å². The summed E-state index contributed by atoms with van der Waals surface area (Å²) >= 11 is 3.26. The van der Waals surface area contributed by atoms with Crippen LogP contribution in [0.5, 0.6) is 5.75 Å². The normalized spacial score (nSPS) is 9.52. The summed E-state index contributed by atoms with van der Waals surface area (Å²) in [5, 5.41) is 5.36. The van der Waals surface area contributed by atoms with Crippen molar-refractivity contribution in [2.45, 2.75) is 6.92 Å². The summed E-state index contributed by atoms with van der Waals surface area (Å²) in [7, 11) is 0. The number of aromatic nitrogens is 1. The van der Waals surface area contributed by atoms with Gasteiger partial charge in [-0.1, -0.05) is 17.9 Å². The Morgan fingerprint density at radius 2 is 2.08 bits per heavy atom. The van der Waals surface area contributed by atoms with Gasteiger partial charge in [0.25, 0.3) is 5.91 Å². The standard InChI is InChI=1S/C18H16BrN3O3/c1-13(23)22-16-5-4-6-17(10-16)25-8-3-2-7-21-18(24)14-9-15(19)12-20-11-14/h4-6,9-12H,7-8H2,1H3,(H,21,24)(H,22,23). The third-order valence-corrected chi connectivity index (χ3v) is 3.33. The lowest BCUT2D eigenvalue weighted by atomic mass is 10.3. The van der Waals surface area contributed by atoms with E-state index in [-0.39, 0.29) is 25.0 Å². The lowest BCUT2D eigenvalue weighted by Crippen LogP contribution is -2.23. The summed E-state index contributed by atoms with van der Waals surface area (Å²) in [6.45, 7) is 1.83. The molecule has 0 aliphatic rings. The molecule has 0 atom stereocenters. The zero-order chi connectivity index (χ0) is 18.1. The number of nitrogens with one attached hydrogen (secondary N) is 2. The molecule has 1 aromatic heterocycles. The second-order valence-electron chi connectivity index (χ2n) is 4.93. The fraction of sp³-hybridized carbons (Fsp3) is 0.167. The molecule has 128 valence electrons. The molecule has 25 heavy (non-hydrogen) atoms. The molecule has 0 radical (unpaired) electrons. The predicted octanol–water partition coefficient (Wildman–Crippen LogP) is 2.61. The van der Waals surface area contributed by atoms with Crippen LogP contribution < -0.4 is 15.4 Å². The van der Waals surface area contributed by atoms with Crippen molar-refractivity contribution >= 4 is 33.4 Å². The highest BCUT2D eigenvalue weighted by Gasteiger charge is 2.04. The van der Waals surface area contributed by atoms with E-state index in [1.807, 2.05) is 0 Å². The molecule has 2 N–H and O–H groups in total. The molecule has 0 bridgehead atoms. The van der Waals surface area contributed by atoms with Crippen LogP contribution in [-0.4, -0.2) is 29.9 Å². The monoisotopic (exact) mass is 401 g/mol. The maximum Gasteiger partial charge on any atom is 0.253 e. The lowest BCUT2D eigenvalue weighted by Gasteiger charge is -2.05. The number of halogens is 1. The van der Waals surface area contributed by atoms with Crippen molar-refractivity contribution in [1.29, 1.82) is 0 Å². The van der Waals surface area contributed by atoms with Gasteiger partial charge in [-0.15, -0.1) is 0 Å². The van der Waals surface area contributed by atoms with Crippen molar-refractivity contribution in [1.82, 2.24) is 10.3 Å². The van der Waals surface area contributed by atoms with Gasteiger partial charge in [0.1, 0.15) is 12.4 Å². The Hall–Kier alpha value is -2.85. The van der Waals surface area contributed by atoms with Crippen LogP contribution in [0.2, 0.25) is 0 Å². The highest BCUT2D eigenvalue weighted by Crippen LogP contribution is 2.17. The summed E-state index contributed by atoms with van der Waals surface area (Å²) in [5.41, 5.74) is 1.12. The topological polar surface area (TPSA) is 80.3 Å². The van der Waals surface area contributed by atoms with E-state index < -0.39 is 0 Å². The molecule has 2 aromatic rings. The van der Waals surface area contributed by atoms with Gasteiger partial charge >= 0.3 is 0 Å². The Morgan fingerprint density at radius 1 is 1.24 bits per heavy atom. The average Bonchev–Trinajstić information content (AvgIpc) is 2.57. The minimum atomic E-state index is -0.243. The first-order valence-corrected chi connectivity index (χ1v) is 8.19. The van der Waals surface area contributed by atoms with Crippen LogP contribution in [0.25, 0.3) is 0 Å². The van der Waals surface area contributed by atoms with E-state index in [1.165, 1.54) is 13.1 Å². The quantitative estimate of drug-likeness (QED) is 0.754. The van der Waals surface area contributed by atoms with Crippen molar-refractivity contribution in [3.8, 4) is 17.6 Å². The molecule has 2 amide bonds. The van der Waals surface area contributed by atoms with Crippen molar-refractivity contribution < 1.29 is 14.3 Å². The van der Waals surface area contributed by atoms with Gasteiger partial charge in [-0.3, -0.25) is 14.6 Å². The third-order valence-electron chi connectivity index (χ3n) is 2.89. The van der Waals surface area contributed by atoms with Gasteiger partial charge in [-0.05, 0) is 34.1 Å². The Labute approximate surface area is 154 Å². The number of amides is 2. The largest absolute Gasteiger partial charge is 0.481 e. The van der Waals surface area contributed by atoms with Gasteiger partial charge in [0.05, 0.1) is 12.1 Å². The molecule has 0 saturated carbocycles. The summed E-state index contributed by atoms with van der Waals surface area (Å²) in [6, 6.07) is 8.72. The van der Waals surface area contributed by atoms with Gasteiger partial charge in [0.2, 0.25) is 5.91 Å². The van der Waals surface area contributed by atoms with Crippen LogP contribution in [0.15, 0.2) is 47.2 Å². The molecule has 1 heterocycles. The van der Waals surface area contributed by atoms with E-state index in [0.29, 0.717) is 17.0 Å². The van der Waals surface area contributed by atoms with Crippen LogP contribution in [0.4, 0.5) is 5.69 Å². The third kappa shape index (κ3) is 6.65. The number of anilines is 1. The Balaban J connectivity index is 1.76. The molecule has 2 rings (SSSR count). The van der Waals surface area contributed by atoms with Crippen LogP contribution in [0, 0.1) is 11.8 Å². The maximum absolute atomic E-state index is 11.9. The number of hydrogen-bond donors (Lipinski definition) is 2.